The fourth-order valence-corrected chi connectivity index (χ4v) is 1.78. The molecule has 3 aromatic rings. The molecule has 0 aliphatic heterocycles. The van der Waals surface area contributed by atoms with Gasteiger partial charge in [0.25, 0.3) is 0 Å². The van der Waals surface area contributed by atoms with Gasteiger partial charge in [0.1, 0.15) is 5.69 Å². The van der Waals surface area contributed by atoms with E-state index in [1.165, 1.54) is 0 Å². The summed E-state index contributed by atoms with van der Waals surface area (Å²) in [4.78, 5) is 4.18. The molecule has 4 nitrogen and oxygen atoms in total. The Bertz CT molecular complexity index is 629. The molecular formula is C12H12ClN3O. The van der Waals surface area contributed by atoms with Crippen LogP contribution < -0.4 is 0 Å². The molecule has 0 saturated heterocycles. The Kier molecular flexibility index (Phi) is 3.15. The van der Waals surface area contributed by atoms with Gasteiger partial charge in [0, 0.05) is 11.6 Å². The van der Waals surface area contributed by atoms with Crippen LogP contribution in [0.2, 0.25) is 0 Å². The molecule has 0 radical (unpaired) electrons. The van der Waals surface area contributed by atoms with Gasteiger partial charge in [-0.1, -0.05) is 17.3 Å². The lowest BCUT2D eigenvalue weighted by Crippen LogP contribution is -1.96. The third kappa shape index (κ3) is 2.17. The Morgan fingerprint density at radius 2 is 2.12 bits per heavy atom. The first-order chi connectivity index (χ1) is 7.83. The van der Waals surface area contributed by atoms with E-state index in [9.17, 15) is 0 Å². The molecule has 0 bridgehead atoms. The number of rotatable bonds is 2. The Labute approximate surface area is 105 Å². The maximum absolute atomic E-state index is 5.24. The minimum absolute atomic E-state index is 0. The van der Waals surface area contributed by atoms with Gasteiger partial charge in [-0.2, -0.15) is 0 Å². The highest BCUT2D eigenvalue weighted by atomic mass is 35.5. The summed E-state index contributed by atoms with van der Waals surface area (Å²) in [7, 11) is 0. The van der Waals surface area contributed by atoms with Gasteiger partial charge in [-0.25, -0.2) is 4.98 Å². The maximum Gasteiger partial charge on any atom is 0.167 e. The van der Waals surface area contributed by atoms with Crippen LogP contribution in [0.25, 0.3) is 11.0 Å². The second kappa shape index (κ2) is 4.59. The summed E-state index contributed by atoms with van der Waals surface area (Å²) in [6.07, 6.45) is 3.79. The summed E-state index contributed by atoms with van der Waals surface area (Å²) in [6.45, 7) is 2.66. The lowest BCUT2D eigenvalue weighted by molar-refractivity contribution is 0.443. The monoisotopic (exact) mass is 249 g/mol. The molecule has 2 aromatic heterocycles. The van der Waals surface area contributed by atoms with Crippen molar-refractivity contribution in [1.82, 2.24) is 14.7 Å². The number of hydrogen-bond acceptors (Lipinski definition) is 3. The predicted molar refractivity (Wildman–Crippen MR) is 67.3 cm³/mol. The average molecular weight is 250 g/mol. The molecule has 0 saturated carbocycles. The third-order valence-electron chi connectivity index (χ3n) is 2.55. The highest BCUT2D eigenvalue weighted by Gasteiger charge is 2.07. The van der Waals surface area contributed by atoms with E-state index in [2.05, 4.69) is 10.1 Å². The summed E-state index contributed by atoms with van der Waals surface area (Å²) in [5.74, 6) is 0. The van der Waals surface area contributed by atoms with Crippen LogP contribution in [0, 0.1) is 6.92 Å². The summed E-state index contributed by atoms with van der Waals surface area (Å²) in [6, 6.07) is 7.87. The highest BCUT2D eigenvalue weighted by Crippen LogP contribution is 2.18. The quantitative estimate of drug-likeness (QED) is 0.702. The molecule has 0 aliphatic carbocycles. The van der Waals surface area contributed by atoms with Crippen molar-refractivity contribution in [1.29, 1.82) is 0 Å². The third-order valence-corrected chi connectivity index (χ3v) is 2.55. The number of nitrogens with zero attached hydrogens (tertiary/aromatic N) is 3. The molecule has 1 aromatic carbocycles. The van der Waals surface area contributed by atoms with Gasteiger partial charge in [-0.15, -0.1) is 12.4 Å². The average Bonchev–Trinajstić information content (AvgIpc) is 2.87. The van der Waals surface area contributed by atoms with Gasteiger partial charge in [-0.3, -0.25) is 0 Å². The summed E-state index contributed by atoms with van der Waals surface area (Å²) in [5, 5.41) is 5.14. The van der Waals surface area contributed by atoms with E-state index in [4.69, 9.17) is 4.52 Å². The number of fused-ring (bicyclic) bond motifs is 1. The molecule has 5 heteroatoms. The lowest BCUT2D eigenvalue weighted by atomic mass is 10.2. The summed E-state index contributed by atoms with van der Waals surface area (Å²) >= 11 is 0. The first-order valence-electron chi connectivity index (χ1n) is 5.14. The van der Waals surface area contributed by atoms with Gasteiger partial charge in [-0.05, 0) is 19.1 Å². The minimum atomic E-state index is 0. The number of hydrogen-bond donors (Lipinski definition) is 0. The van der Waals surface area contributed by atoms with E-state index in [1.807, 2.05) is 42.0 Å². The Hall–Kier alpha value is -1.81. The van der Waals surface area contributed by atoms with Crippen LogP contribution in [0.15, 0.2) is 41.3 Å². The number of halogens is 1. The van der Waals surface area contributed by atoms with Gasteiger partial charge in [0.2, 0.25) is 0 Å². The fourth-order valence-electron chi connectivity index (χ4n) is 1.78. The molecule has 0 amide bonds. The van der Waals surface area contributed by atoms with Crippen molar-refractivity contribution >= 4 is 23.4 Å². The van der Waals surface area contributed by atoms with Gasteiger partial charge in [0.05, 0.1) is 18.6 Å². The van der Waals surface area contributed by atoms with E-state index >= 15 is 0 Å². The zero-order valence-corrected chi connectivity index (χ0v) is 10.1. The standard InChI is InChI=1S/C12H11N3O.ClH/c1-9-6-15(8-13-9)7-11-10-4-2-3-5-12(10)16-14-11;/h2-6,8H,7H2,1H3;1H. The number of para-hydroxylation sites is 1. The van der Waals surface area contributed by atoms with Crippen molar-refractivity contribution in [2.45, 2.75) is 13.5 Å². The molecule has 0 fully saturated rings. The van der Waals surface area contributed by atoms with E-state index in [0.717, 1.165) is 22.4 Å². The fraction of sp³-hybridized carbons (Fsp3) is 0.167. The SMILES string of the molecule is Cc1cn(Cc2noc3ccccc23)cn1.Cl. The molecule has 0 aliphatic rings. The smallest absolute Gasteiger partial charge is 0.167 e. The van der Waals surface area contributed by atoms with Crippen LogP contribution >= 0.6 is 12.4 Å². The van der Waals surface area contributed by atoms with Crippen molar-refractivity contribution in [3.63, 3.8) is 0 Å². The molecule has 0 spiro atoms. The highest BCUT2D eigenvalue weighted by molar-refractivity contribution is 5.85. The maximum atomic E-state index is 5.24. The van der Waals surface area contributed by atoms with Crippen LogP contribution in [0.5, 0.6) is 0 Å². The van der Waals surface area contributed by atoms with Gasteiger partial charge >= 0.3 is 0 Å². The van der Waals surface area contributed by atoms with E-state index in [-0.39, 0.29) is 12.4 Å². The van der Waals surface area contributed by atoms with Crippen LogP contribution in [0.1, 0.15) is 11.4 Å². The molecule has 0 N–H and O–H groups in total. The number of aryl methyl sites for hydroxylation is 1. The van der Waals surface area contributed by atoms with Gasteiger partial charge < -0.3 is 9.09 Å². The van der Waals surface area contributed by atoms with Crippen molar-refractivity contribution in [3.8, 4) is 0 Å². The molecule has 3 rings (SSSR count). The van der Waals surface area contributed by atoms with Crippen molar-refractivity contribution in [3.05, 3.63) is 48.2 Å². The largest absolute Gasteiger partial charge is 0.356 e. The molecule has 0 atom stereocenters. The predicted octanol–water partition coefficient (Wildman–Crippen LogP) is 2.80. The second-order valence-electron chi connectivity index (χ2n) is 3.81. The van der Waals surface area contributed by atoms with Crippen LogP contribution in [-0.2, 0) is 6.54 Å². The Balaban J connectivity index is 0.00000108. The number of imidazole rings is 1. The molecule has 17 heavy (non-hydrogen) atoms. The Morgan fingerprint density at radius 3 is 2.88 bits per heavy atom. The zero-order chi connectivity index (χ0) is 11.0. The second-order valence-corrected chi connectivity index (χ2v) is 3.81. The summed E-state index contributed by atoms with van der Waals surface area (Å²) in [5.41, 5.74) is 2.77. The van der Waals surface area contributed by atoms with Crippen LogP contribution in [0.4, 0.5) is 0 Å². The van der Waals surface area contributed by atoms with E-state index < -0.39 is 0 Å². The lowest BCUT2D eigenvalue weighted by Gasteiger charge is -1.97. The first kappa shape index (κ1) is 11.7. The molecular weight excluding hydrogens is 238 g/mol. The number of benzene rings is 1. The van der Waals surface area contributed by atoms with E-state index in [1.54, 1.807) is 6.33 Å². The molecule has 2 heterocycles. The van der Waals surface area contributed by atoms with Crippen LogP contribution in [-0.4, -0.2) is 14.7 Å². The molecule has 0 unspecified atom stereocenters. The van der Waals surface area contributed by atoms with Crippen LogP contribution in [0.3, 0.4) is 0 Å². The van der Waals surface area contributed by atoms with Crippen molar-refractivity contribution < 1.29 is 4.52 Å². The van der Waals surface area contributed by atoms with Gasteiger partial charge in [0.15, 0.2) is 5.58 Å². The Morgan fingerprint density at radius 1 is 1.29 bits per heavy atom. The van der Waals surface area contributed by atoms with Crippen molar-refractivity contribution in [2.75, 3.05) is 0 Å². The topological polar surface area (TPSA) is 43.9 Å². The molecule has 88 valence electrons. The van der Waals surface area contributed by atoms with Crippen molar-refractivity contribution in [2.24, 2.45) is 0 Å². The minimum Gasteiger partial charge on any atom is -0.356 e. The van der Waals surface area contributed by atoms with E-state index in [0.29, 0.717) is 6.54 Å². The normalized spacial score (nSPS) is 10.4. The summed E-state index contributed by atoms with van der Waals surface area (Å²) < 4.78 is 7.24. The number of aromatic nitrogens is 3. The zero-order valence-electron chi connectivity index (χ0n) is 9.33. The first-order valence-corrected chi connectivity index (χ1v) is 5.14.